The maximum absolute atomic E-state index is 13.5. The smallest absolute Gasteiger partial charge is 0.296 e. The summed E-state index contributed by atoms with van der Waals surface area (Å²) in [5, 5.41) is 0.571. The van der Waals surface area contributed by atoms with Crippen LogP contribution in [-0.4, -0.2) is 46.5 Å². The van der Waals surface area contributed by atoms with E-state index in [0.29, 0.717) is 41.1 Å². The zero-order chi connectivity index (χ0) is 22.5. The second-order valence-corrected chi connectivity index (χ2v) is 8.90. The molecule has 0 aliphatic carbocycles. The Kier molecular flexibility index (Phi) is 5.22. The molecule has 0 amide bonds. The number of halogens is 3. The molecule has 2 aliphatic rings. The van der Waals surface area contributed by atoms with E-state index in [0.717, 1.165) is 23.1 Å². The Morgan fingerprint density at radius 1 is 0.939 bits per heavy atom. The first-order valence-corrected chi connectivity index (χ1v) is 11.3. The summed E-state index contributed by atoms with van der Waals surface area (Å²) in [6.45, 7) is 1.15. The van der Waals surface area contributed by atoms with Crippen molar-refractivity contribution in [1.29, 1.82) is 0 Å². The van der Waals surface area contributed by atoms with E-state index in [1.807, 2.05) is 24.3 Å². The molecule has 2 aliphatic heterocycles. The number of fused-ring (bicyclic) bond motifs is 2. The van der Waals surface area contributed by atoms with Crippen molar-refractivity contribution in [3.05, 3.63) is 64.4 Å². The lowest BCUT2D eigenvalue weighted by molar-refractivity contribution is 0.0273. The molecule has 9 heteroatoms. The van der Waals surface area contributed by atoms with Crippen molar-refractivity contribution in [2.45, 2.75) is 24.7 Å². The predicted octanol–water partition coefficient (Wildman–Crippen LogP) is 5.67. The minimum absolute atomic E-state index is 0.0696. The van der Waals surface area contributed by atoms with Gasteiger partial charge >= 0.3 is 0 Å². The largest absolute Gasteiger partial charge is 0.456 e. The maximum atomic E-state index is 13.5. The van der Waals surface area contributed by atoms with E-state index < -0.39 is 5.82 Å². The molecular formula is C24H18Cl2FN3O3. The molecule has 1 N–H and O–H groups in total. The number of hydrogen-bond donors (Lipinski definition) is 1. The number of nitrogens with zero attached hydrogens (tertiary/aromatic N) is 2. The Labute approximate surface area is 198 Å². The zero-order valence-electron chi connectivity index (χ0n) is 17.2. The van der Waals surface area contributed by atoms with Crippen LogP contribution in [0.25, 0.3) is 33.5 Å². The highest BCUT2D eigenvalue weighted by Crippen LogP contribution is 2.33. The molecule has 0 spiro atoms. The fourth-order valence-electron chi connectivity index (χ4n) is 4.32. The van der Waals surface area contributed by atoms with Gasteiger partial charge in [0, 0.05) is 12.2 Å². The third kappa shape index (κ3) is 3.85. The van der Waals surface area contributed by atoms with E-state index in [1.165, 1.54) is 6.07 Å². The van der Waals surface area contributed by atoms with Crippen LogP contribution in [0.4, 0.5) is 4.39 Å². The average Bonchev–Trinajstić information content (AvgIpc) is 3.52. The van der Waals surface area contributed by atoms with Crippen molar-refractivity contribution >= 4 is 34.4 Å². The highest BCUT2D eigenvalue weighted by Gasteiger charge is 2.43. The zero-order valence-corrected chi connectivity index (χ0v) is 18.7. The fourth-order valence-corrected chi connectivity index (χ4v) is 4.77. The van der Waals surface area contributed by atoms with Gasteiger partial charge in [-0.25, -0.2) is 9.37 Å². The summed E-state index contributed by atoms with van der Waals surface area (Å²) in [4.78, 5) is 12.3. The highest BCUT2D eigenvalue weighted by atomic mass is 35.5. The number of aromatic nitrogens is 3. The molecule has 0 bridgehead atoms. The average molecular weight is 486 g/mol. The van der Waals surface area contributed by atoms with Crippen molar-refractivity contribution in [3.8, 4) is 28.4 Å². The van der Waals surface area contributed by atoms with Gasteiger partial charge in [0.2, 0.25) is 0 Å². The molecule has 2 fully saturated rings. The van der Waals surface area contributed by atoms with Gasteiger partial charge in [-0.3, -0.25) is 0 Å². The van der Waals surface area contributed by atoms with Crippen molar-refractivity contribution in [1.82, 2.24) is 15.0 Å². The lowest BCUT2D eigenvalue weighted by Gasteiger charge is -2.15. The summed E-state index contributed by atoms with van der Waals surface area (Å²) in [7, 11) is 0. The first kappa shape index (κ1) is 20.9. The number of imidazole rings is 1. The second-order valence-electron chi connectivity index (χ2n) is 8.09. The number of pyridine rings is 1. The number of benzene rings is 2. The van der Waals surface area contributed by atoms with E-state index in [9.17, 15) is 4.39 Å². The molecule has 4 aromatic rings. The van der Waals surface area contributed by atoms with Crippen LogP contribution in [0.3, 0.4) is 0 Å². The van der Waals surface area contributed by atoms with Crippen LogP contribution in [0.5, 0.6) is 6.01 Å². The van der Waals surface area contributed by atoms with Gasteiger partial charge in [0.05, 0.1) is 34.0 Å². The molecule has 0 radical (unpaired) electrons. The minimum atomic E-state index is -0.445. The first-order chi connectivity index (χ1) is 16.0. The quantitative estimate of drug-likeness (QED) is 0.403. The third-order valence-electron chi connectivity index (χ3n) is 6.00. The monoisotopic (exact) mass is 485 g/mol. The summed E-state index contributed by atoms with van der Waals surface area (Å²) in [5.41, 5.74) is 4.34. The first-order valence-electron chi connectivity index (χ1n) is 10.6. The maximum Gasteiger partial charge on any atom is 0.296 e. The van der Waals surface area contributed by atoms with Gasteiger partial charge < -0.3 is 19.2 Å². The van der Waals surface area contributed by atoms with Gasteiger partial charge in [0.1, 0.15) is 11.9 Å². The van der Waals surface area contributed by atoms with Gasteiger partial charge in [-0.1, -0.05) is 53.5 Å². The van der Waals surface area contributed by atoms with E-state index in [2.05, 4.69) is 15.0 Å². The number of ether oxygens (including phenoxy) is 3. The molecule has 2 saturated heterocycles. The van der Waals surface area contributed by atoms with Crippen LogP contribution < -0.4 is 4.74 Å². The molecule has 1 unspecified atom stereocenters. The van der Waals surface area contributed by atoms with Crippen LogP contribution in [-0.2, 0) is 9.47 Å². The molecule has 6 rings (SSSR count). The minimum Gasteiger partial charge on any atom is -0.456 e. The van der Waals surface area contributed by atoms with E-state index in [4.69, 9.17) is 37.4 Å². The van der Waals surface area contributed by atoms with E-state index in [-0.39, 0.29) is 23.3 Å². The predicted molar refractivity (Wildman–Crippen MR) is 123 cm³/mol. The molecule has 2 aromatic carbocycles. The second kappa shape index (κ2) is 8.25. The molecule has 0 saturated carbocycles. The summed E-state index contributed by atoms with van der Waals surface area (Å²) >= 11 is 12.4. The topological polar surface area (TPSA) is 69.3 Å². The van der Waals surface area contributed by atoms with Gasteiger partial charge in [-0.05, 0) is 35.7 Å². The SMILES string of the molecule is Fc1ccc(-c2ccc(-c3nc4nc(OC5CO[C@@H]6CCO[C@H]56)[nH]c4cc3Cl)cc2)cc1Cl. The van der Waals surface area contributed by atoms with Gasteiger partial charge in [0.15, 0.2) is 11.8 Å². The van der Waals surface area contributed by atoms with Crippen molar-refractivity contribution in [3.63, 3.8) is 0 Å². The van der Waals surface area contributed by atoms with Crippen LogP contribution in [0.15, 0.2) is 48.5 Å². The lowest BCUT2D eigenvalue weighted by Crippen LogP contribution is -2.32. The number of hydrogen-bond acceptors (Lipinski definition) is 5. The molecule has 33 heavy (non-hydrogen) atoms. The summed E-state index contributed by atoms with van der Waals surface area (Å²) in [6.07, 6.45) is 0.700. The lowest BCUT2D eigenvalue weighted by atomic mass is 10.0. The Bertz CT molecular complexity index is 1350. The Hall–Kier alpha value is -2.71. The van der Waals surface area contributed by atoms with Crippen LogP contribution in [0.1, 0.15) is 6.42 Å². The normalized spacial score (nSPS) is 22.1. The van der Waals surface area contributed by atoms with E-state index >= 15 is 0 Å². The summed E-state index contributed by atoms with van der Waals surface area (Å²) in [6, 6.07) is 14.4. The van der Waals surface area contributed by atoms with Crippen molar-refractivity contribution < 1.29 is 18.6 Å². The van der Waals surface area contributed by atoms with Gasteiger partial charge in [0.25, 0.3) is 6.01 Å². The fraction of sp³-hybridized carbons (Fsp3) is 0.250. The molecule has 6 nitrogen and oxygen atoms in total. The number of rotatable bonds is 4. The molecule has 168 valence electrons. The van der Waals surface area contributed by atoms with Crippen LogP contribution in [0.2, 0.25) is 10.0 Å². The van der Waals surface area contributed by atoms with Crippen molar-refractivity contribution in [2.24, 2.45) is 0 Å². The van der Waals surface area contributed by atoms with Crippen LogP contribution in [0, 0.1) is 5.82 Å². The number of H-pyrrole nitrogens is 1. The van der Waals surface area contributed by atoms with Gasteiger partial charge in [-0.2, -0.15) is 4.98 Å². The van der Waals surface area contributed by atoms with E-state index in [1.54, 1.807) is 18.2 Å². The molecule has 2 aromatic heterocycles. The summed E-state index contributed by atoms with van der Waals surface area (Å²) in [5.74, 6) is -0.445. The molecule has 3 atom stereocenters. The molecular weight excluding hydrogens is 468 g/mol. The number of nitrogens with one attached hydrogen (secondary N) is 1. The Morgan fingerprint density at radius 2 is 1.73 bits per heavy atom. The Morgan fingerprint density at radius 3 is 2.55 bits per heavy atom. The molecule has 4 heterocycles. The number of aromatic amines is 1. The summed E-state index contributed by atoms with van der Waals surface area (Å²) < 4.78 is 30.9. The highest BCUT2D eigenvalue weighted by molar-refractivity contribution is 6.33. The Balaban J connectivity index is 1.27. The standard InChI is InChI=1S/C24H18Cl2FN3O3/c25-15-9-14(5-6-17(15)27)12-1-3-13(4-2-12)21-16(26)10-18-23(29-21)30-24(28-18)33-20-11-32-19-7-8-31-22(19)20/h1-6,9-10,19-20,22H,7-8,11H2,(H,28,29,30)/t19-,20?,22+/m1/s1. The third-order valence-corrected chi connectivity index (χ3v) is 6.58. The van der Waals surface area contributed by atoms with Gasteiger partial charge in [-0.15, -0.1) is 0 Å². The van der Waals surface area contributed by atoms with Crippen molar-refractivity contribution in [2.75, 3.05) is 13.2 Å². The van der Waals surface area contributed by atoms with Crippen LogP contribution >= 0.6 is 23.2 Å².